The summed E-state index contributed by atoms with van der Waals surface area (Å²) in [6, 6.07) is 7.65. The summed E-state index contributed by atoms with van der Waals surface area (Å²) < 4.78 is 0. The van der Waals surface area contributed by atoms with Crippen LogP contribution in [0.2, 0.25) is 0 Å². The molecule has 0 aliphatic rings. The molecule has 0 aliphatic carbocycles. The van der Waals surface area contributed by atoms with Crippen LogP contribution >= 0.6 is 0 Å². The molecule has 0 aliphatic heterocycles. The number of nitrogens with zero attached hydrogens (tertiary/aromatic N) is 1. The second kappa shape index (κ2) is 8.88. The van der Waals surface area contributed by atoms with E-state index in [1.165, 1.54) is 0 Å². The maximum atomic E-state index is 12.2. The van der Waals surface area contributed by atoms with Crippen molar-refractivity contribution in [2.24, 2.45) is 0 Å². The summed E-state index contributed by atoms with van der Waals surface area (Å²) in [6.07, 6.45) is 5.98. The number of aliphatic hydroxyl groups is 1. The summed E-state index contributed by atoms with van der Waals surface area (Å²) >= 11 is 0. The highest BCUT2D eigenvalue weighted by atomic mass is 16.3. The molecule has 0 fully saturated rings. The van der Waals surface area contributed by atoms with E-state index in [9.17, 15) is 4.79 Å². The molecule has 0 saturated heterocycles. The zero-order valence-corrected chi connectivity index (χ0v) is 13.7. The fourth-order valence-electron chi connectivity index (χ4n) is 2.10. The number of amides is 1. The molecule has 1 aromatic carbocycles. The number of rotatable bonds is 7. The summed E-state index contributed by atoms with van der Waals surface area (Å²) in [5.41, 5.74) is 2.77. The van der Waals surface area contributed by atoms with Gasteiger partial charge in [0.05, 0.1) is 5.76 Å². The normalized spacial score (nSPS) is 11.7. The van der Waals surface area contributed by atoms with Crippen LogP contribution in [-0.2, 0) is 6.42 Å². The smallest absolute Gasteiger partial charge is 0.253 e. The molecule has 0 saturated carbocycles. The lowest BCUT2D eigenvalue weighted by molar-refractivity contribution is 0.0773. The van der Waals surface area contributed by atoms with Crippen molar-refractivity contribution in [2.45, 2.75) is 27.2 Å². The molecular formula is C19H25NO2. The second-order valence-electron chi connectivity index (χ2n) is 5.18. The third-order valence-corrected chi connectivity index (χ3v) is 3.35. The Bertz CT molecular complexity index is 560. The van der Waals surface area contributed by atoms with E-state index in [1.54, 1.807) is 24.0 Å². The van der Waals surface area contributed by atoms with E-state index < -0.39 is 0 Å². The zero-order chi connectivity index (χ0) is 16.5. The highest BCUT2D eigenvalue weighted by Gasteiger charge is 2.11. The Labute approximate surface area is 133 Å². The van der Waals surface area contributed by atoms with Gasteiger partial charge in [-0.15, -0.1) is 0 Å². The average molecular weight is 299 g/mol. The molecule has 1 amide bonds. The summed E-state index contributed by atoms with van der Waals surface area (Å²) in [5.74, 6) is 0.335. The molecule has 0 unspecified atom stereocenters. The van der Waals surface area contributed by atoms with Crippen LogP contribution in [-0.4, -0.2) is 29.0 Å². The summed E-state index contributed by atoms with van der Waals surface area (Å²) in [7, 11) is 0. The maximum absolute atomic E-state index is 12.2. The van der Waals surface area contributed by atoms with Crippen LogP contribution in [0.15, 0.2) is 60.4 Å². The largest absolute Gasteiger partial charge is 0.513 e. The van der Waals surface area contributed by atoms with Crippen LogP contribution in [0, 0.1) is 0 Å². The molecule has 0 heterocycles. The molecule has 1 rings (SSSR count). The number of hydrogen-bond donors (Lipinski definition) is 1. The Balaban J connectivity index is 2.69. The van der Waals surface area contributed by atoms with Crippen LogP contribution < -0.4 is 0 Å². The standard InChI is InChI=1S/C19H25NO2/c1-5-20(6-2)19(22)18-12-10-17(11-13-18)14-15(3)8-7-9-16(4)21/h7-13,21H,3,5-6,14H2,1-2,4H3/b8-7-,16-9+. The van der Waals surface area contributed by atoms with Gasteiger partial charge in [0.2, 0.25) is 0 Å². The van der Waals surface area contributed by atoms with Crippen molar-refractivity contribution in [3.8, 4) is 0 Å². The highest BCUT2D eigenvalue weighted by Crippen LogP contribution is 2.12. The van der Waals surface area contributed by atoms with Gasteiger partial charge in [-0.2, -0.15) is 0 Å². The molecule has 3 heteroatoms. The van der Waals surface area contributed by atoms with E-state index in [0.29, 0.717) is 12.0 Å². The van der Waals surface area contributed by atoms with Gasteiger partial charge in [0.1, 0.15) is 0 Å². The fourth-order valence-corrected chi connectivity index (χ4v) is 2.10. The number of benzene rings is 1. The first kappa shape index (κ1) is 17.8. The first-order valence-electron chi connectivity index (χ1n) is 7.57. The van der Waals surface area contributed by atoms with Gasteiger partial charge >= 0.3 is 0 Å². The lowest BCUT2D eigenvalue weighted by Crippen LogP contribution is -2.30. The minimum absolute atomic E-state index is 0.0684. The molecule has 0 bridgehead atoms. The predicted molar refractivity (Wildman–Crippen MR) is 92.1 cm³/mol. The average Bonchev–Trinajstić information content (AvgIpc) is 2.48. The Kier molecular flexibility index (Phi) is 7.17. The SMILES string of the molecule is C=C(/C=C\C=C(/C)O)Cc1ccc(C(=O)N(CC)CC)cc1. The van der Waals surface area contributed by atoms with Crippen molar-refractivity contribution in [2.75, 3.05) is 13.1 Å². The first-order chi connectivity index (χ1) is 10.5. The van der Waals surface area contributed by atoms with Crippen molar-refractivity contribution in [3.05, 3.63) is 71.5 Å². The number of carbonyl (C=O) groups excluding carboxylic acids is 1. The van der Waals surface area contributed by atoms with Gasteiger partial charge in [-0.3, -0.25) is 4.79 Å². The lowest BCUT2D eigenvalue weighted by Gasteiger charge is -2.18. The zero-order valence-electron chi connectivity index (χ0n) is 13.7. The number of hydrogen-bond acceptors (Lipinski definition) is 2. The third-order valence-electron chi connectivity index (χ3n) is 3.35. The molecular weight excluding hydrogens is 274 g/mol. The van der Waals surface area contributed by atoms with E-state index in [-0.39, 0.29) is 11.7 Å². The number of allylic oxidation sites excluding steroid dienone is 5. The van der Waals surface area contributed by atoms with E-state index in [0.717, 1.165) is 24.2 Å². The van der Waals surface area contributed by atoms with Gasteiger partial charge in [0.15, 0.2) is 0 Å². The van der Waals surface area contributed by atoms with Gasteiger partial charge in [-0.25, -0.2) is 0 Å². The van der Waals surface area contributed by atoms with Crippen molar-refractivity contribution < 1.29 is 9.90 Å². The first-order valence-corrected chi connectivity index (χ1v) is 7.57. The molecule has 0 radical (unpaired) electrons. The van der Waals surface area contributed by atoms with Crippen molar-refractivity contribution in [1.29, 1.82) is 0 Å². The van der Waals surface area contributed by atoms with Crippen molar-refractivity contribution in [1.82, 2.24) is 4.90 Å². The summed E-state index contributed by atoms with van der Waals surface area (Å²) in [6.45, 7) is 11.0. The summed E-state index contributed by atoms with van der Waals surface area (Å²) in [5, 5.41) is 9.07. The molecule has 0 aromatic heterocycles. The van der Waals surface area contributed by atoms with Gasteiger partial charge in [-0.05, 0) is 51.0 Å². The Hall–Kier alpha value is -2.29. The van der Waals surface area contributed by atoms with E-state index >= 15 is 0 Å². The Morgan fingerprint density at radius 1 is 1.23 bits per heavy atom. The van der Waals surface area contributed by atoms with Gasteiger partial charge in [0.25, 0.3) is 5.91 Å². The van der Waals surface area contributed by atoms with Crippen molar-refractivity contribution >= 4 is 5.91 Å². The fraction of sp³-hybridized carbons (Fsp3) is 0.316. The lowest BCUT2D eigenvalue weighted by atomic mass is 10.0. The molecule has 0 spiro atoms. The van der Waals surface area contributed by atoms with Crippen LogP contribution in [0.4, 0.5) is 0 Å². The molecule has 22 heavy (non-hydrogen) atoms. The number of aliphatic hydroxyl groups excluding tert-OH is 1. The van der Waals surface area contributed by atoms with E-state index in [1.807, 2.05) is 44.2 Å². The Morgan fingerprint density at radius 3 is 2.32 bits per heavy atom. The summed E-state index contributed by atoms with van der Waals surface area (Å²) in [4.78, 5) is 14.0. The van der Waals surface area contributed by atoms with Gasteiger partial charge in [-0.1, -0.05) is 36.4 Å². The minimum atomic E-state index is 0.0684. The third kappa shape index (κ3) is 5.60. The van der Waals surface area contributed by atoms with Crippen LogP contribution in [0.3, 0.4) is 0 Å². The molecule has 1 aromatic rings. The monoisotopic (exact) mass is 299 g/mol. The van der Waals surface area contributed by atoms with Crippen molar-refractivity contribution in [3.63, 3.8) is 0 Å². The molecule has 118 valence electrons. The quantitative estimate of drug-likeness (QED) is 0.603. The second-order valence-corrected chi connectivity index (χ2v) is 5.18. The predicted octanol–water partition coefficient (Wildman–Crippen LogP) is 4.29. The van der Waals surface area contributed by atoms with Crippen LogP contribution in [0.25, 0.3) is 0 Å². The van der Waals surface area contributed by atoms with E-state index in [4.69, 9.17) is 5.11 Å². The van der Waals surface area contributed by atoms with Crippen LogP contribution in [0.1, 0.15) is 36.7 Å². The van der Waals surface area contributed by atoms with E-state index in [2.05, 4.69) is 6.58 Å². The van der Waals surface area contributed by atoms with Crippen LogP contribution in [0.5, 0.6) is 0 Å². The Morgan fingerprint density at radius 2 is 1.82 bits per heavy atom. The van der Waals surface area contributed by atoms with Gasteiger partial charge < -0.3 is 10.0 Å². The topological polar surface area (TPSA) is 40.5 Å². The molecule has 1 N–H and O–H groups in total. The number of carbonyl (C=O) groups is 1. The van der Waals surface area contributed by atoms with Gasteiger partial charge in [0, 0.05) is 18.7 Å². The molecule has 0 atom stereocenters. The molecule has 3 nitrogen and oxygen atoms in total. The minimum Gasteiger partial charge on any atom is -0.513 e. The maximum Gasteiger partial charge on any atom is 0.253 e. The highest BCUT2D eigenvalue weighted by molar-refractivity contribution is 5.94.